The summed E-state index contributed by atoms with van der Waals surface area (Å²) in [7, 11) is 0. The van der Waals surface area contributed by atoms with Crippen LogP contribution in [0.4, 0.5) is 5.69 Å². The van der Waals surface area contributed by atoms with E-state index in [-0.39, 0.29) is 5.97 Å². The summed E-state index contributed by atoms with van der Waals surface area (Å²) in [5.41, 5.74) is 7.38. The number of hydrogen-bond acceptors (Lipinski definition) is 3. The van der Waals surface area contributed by atoms with E-state index in [1.165, 1.54) is 96.3 Å². The van der Waals surface area contributed by atoms with Crippen molar-refractivity contribution in [1.29, 1.82) is 0 Å². The van der Waals surface area contributed by atoms with Crippen molar-refractivity contribution in [3.63, 3.8) is 0 Å². The van der Waals surface area contributed by atoms with E-state index in [4.69, 9.17) is 8.81 Å². The summed E-state index contributed by atoms with van der Waals surface area (Å²) in [6, 6.07) is 7.55. The number of hydrogen-bond donors (Lipinski definition) is 1. The molecule has 0 heterocycles. The normalized spacial score (nSPS) is 23.0. The van der Waals surface area contributed by atoms with Crippen LogP contribution in [0, 0.1) is 0 Å². The fourth-order valence-electron chi connectivity index (χ4n) is 6.81. The molecule has 0 aliphatic heterocycles. The molecule has 29 heavy (non-hydrogen) atoms. The van der Waals surface area contributed by atoms with E-state index in [1.54, 1.807) is 0 Å². The van der Waals surface area contributed by atoms with Crippen molar-refractivity contribution in [2.75, 3.05) is 5.73 Å². The number of benzene rings is 1. The Morgan fingerprint density at radius 3 is 1.55 bits per heavy atom. The van der Waals surface area contributed by atoms with Gasteiger partial charge >= 0.3 is 182 Å². The maximum absolute atomic E-state index is 13.6. The Morgan fingerprint density at radius 2 is 1.14 bits per heavy atom. The number of nitrogens with two attached hydrogens (primary N) is 1. The van der Waals surface area contributed by atoms with Crippen molar-refractivity contribution in [2.45, 2.75) is 108 Å². The van der Waals surface area contributed by atoms with E-state index < -0.39 is 18.8 Å². The molecule has 160 valence electrons. The third-order valence-electron chi connectivity index (χ3n) is 8.18. The second-order valence-corrected chi connectivity index (χ2v) is 22.3. The molecule has 0 saturated heterocycles. The fraction of sp³-hybridized carbons (Fsp3) is 0.720. The van der Waals surface area contributed by atoms with Crippen molar-refractivity contribution in [3.05, 3.63) is 29.8 Å². The molecule has 1 aromatic carbocycles. The Hall–Kier alpha value is -0.711. The first-order valence-corrected chi connectivity index (χ1v) is 18.4. The zero-order valence-electron chi connectivity index (χ0n) is 18.0. The van der Waals surface area contributed by atoms with Crippen molar-refractivity contribution in [2.24, 2.45) is 0 Å². The molecule has 0 spiro atoms. The summed E-state index contributed by atoms with van der Waals surface area (Å²) in [5, 5.41) is 0. The molecule has 3 aliphatic carbocycles. The fourth-order valence-corrected chi connectivity index (χ4v) is 26.4. The van der Waals surface area contributed by atoms with Crippen LogP contribution in [0.25, 0.3) is 0 Å². The first kappa shape index (κ1) is 21.5. The molecule has 0 bridgehead atoms. The average Bonchev–Trinajstić information content (AvgIpc) is 2.79. The van der Waals surface area contributed by atoms with Gasteiger partial charge in [0.15, 0.2) is 0 Å². The monoisotopic (exact) mass is 505 g/mol. The molecule has 4 heteroatoms. The molecule has 3 saturated carbocycles. The molecule has 0 amide bonds. The molecule has 3 fully saturated rings. The number of carbonyl (C=O) groups excluding carboxylic acids is 1. The first-order valence-electron chi connectivity index (χ1n) is 12.3. The first-order chi connectivity index (χ1) is 14.2. The van der Waals surface area contributed by atoms with E-state index >= 15 is 0 Å². The standard InChI is InChI=1S/C7H7NO2.3C6H11.Sn/c8-6-4-2-1-3-5(6)7(9)10;3*1-2-4-6-5-3-1;/h1-4H,8H2,(H,9,10);3*1H,2-6H2;/q;;;;+1/p-1. The van der Waals surface area contributed by atoms with Gasteiger partial charge in [-0.25, -0.2) is 0 Å². The van der Waals surface area contributed by atoms with Crippen molar-refractivity contribution >= 4 is 30.4 Å². The number of nitrogen functional groups attached to an aromatic ring is 1. The van der Waals surface area contributed by atoms with Crippen molar-refractivity contribution in [1.82, 2.24) is 0 Å². The van der Waals surface area contributed by atoms with Crippen molar-refractivity contribution < 1.29 is 7.87 Å². The molecule has 4 rings (SSSR count). The minimum atomic E-state index is -3.29. The molecule has 0 aromatic heterocycles. The maximum atomic E-state index is 13.6. The van der Waals surface area contributed by atoms with Gasteiger partial charge < -0.3 is 0 Å². The summed E-state index contributed by atoms with van der Waals surface area (Å²) < 4.78 is 9.22. The van der Waals surface area contributed by atoms with Gasteiger partial charge in [0.2, 0.25) is 0 Å². The molecular formula is C25H39NO2Sn. The van der Waals surface area contributed by atoms with Gasteiger partial charge in [-0.1, -0.05) is 0 Å². The summed E-state index contributed by atoms with van der Waals surface area (Å²) in [6.07, 6.45) is 20.1. The SMILES string of the molecule is Nc1ccccc1C(=O)[O][Sn]([CH]1CCCCC1)([CH]1CCCCC1)[CH]1CCCCC1. The summed E-state index contributed by atoms with van der Waals surface area (Å²) in [5.74, 6) is -0.0828. The molecular weight excluding hydrogens is 465 g/mol. The van der Waals surface area contributed by atoms with Crippen LogP contribution in [0.1, 0.15) is 107 Å². The number of para-hydroxylation sites is 1. The van der Waals surface area contributed by atoms with Gasteiger partial charge in [-0.05, 0) is 0 Å². The molecule has 0 atom stereocenters. The quantitative estimate of drug-likeness (QED) is 0.337. The molecule has 2 N–H and O–H groups in total. The van der Waals surface area contributed by atoms with Crippen LogP contribution in [0.2, 0.25) is 11.8 Å². The van der Waals surface area contributed by atoms with Crippen LogP contribution in [-0.4, -0.2) is 24.8 Å². The van der Waals surface area contributed by atoms with Crippen LogP contribution in [-0.2, 0) is 3.07 Å². The van der Waals surface area contributed by atoms with Gasteiger partial charge in [-0.15, -0.1) is 0 Å². The van der Waals surface area contributed by atoms with E-state index in [1.807, 2.05) is 24.3 Å². The van der Waals surface area contributed by atoms with E-state index in [9.17, 15) is 4.79 Å². The van der Waals surface area contributed by atoms with E-state index in [0.29, 0.717) is 11.3 Å². The van der Waals surface area contributed by atoms with Gasteiger partial charge in [0, 0.05) is 0 Å². The second-order valence-electron chi connectivity index (χ2n) is 9.84. The van der Waals surface area contributed by atoms with Gasteiger partial charge in [0.25, 0.3) is 0 Å². The Morgan fingerprint density at radius 1 is 0.724 bits per heavy atom. The van der Waals surface area contributed by atoms with E-state index in [0.717, 1.165) is 11.8 Å². The molecule has 3 aliphatic rings. The predicted octanol–water partition coefficient (Wildman–Crippen LogP) is 7.37. The average molecular weight is 504 g/mol. The third kappa shape index (κ3) is 4.65. The van der Waals surface area contributed by atoms with Crippen LogP contribution < -0.4 is 5.73 Å². The molecule has 1 aromatic rings. The van der Waals surface area contributed by atoms with E-state index in [2.05, 4.69) is 0 Å². The predicted molar refractivity (Wildman–Crippen MR) is 123 cm³/mol. The summed E-state index contributed by atoms with van der Waals surface area (Å²) in [6.45, 7) is 0. The Bertz CT molecular complexity index is 628. The minimum absolute atomic E-state index is 0.0828. The van der Waals surface area contributed by atoms with Gasteiger partial charge in [-0.3, -0.25) is 0 Å². The number of carbonyl (C=O) groups is 1. The Labute approximate surface area is 181 Å². The van der Waals surface area contributed by atoms with Gasteiger partial charge in [-0.2, -0.15) is 0 Å². The van der Waals surface area contributed by atoms with Crippen LogP contribution >= 0.6 is 0 Å². The third-order valence-corrected chi connectivity index (χ3v) is 25.6. The summed E-state index contributed by atoms with van der Waals surface area (Å²) in [4.78, 5) is 13.6. The number of rotatable bonds is 5. The van der Waals surface area contributed by atoms with Crippen LogP contribution in [0.5, 0.6) is 0 Å². The second kappa shape index (κ2) is 10.1. The van der Waals surface area contributed by atoms with Crippen molar-refractivity contribution in [3.8, 4) is 0 Å². The van der Waals surface area contributed by atoms with Crippen LogP contribution in [0.15, 0.2) is 24.3 Å². The molecule has 3 nitrogen and oxygen atoms in total. The topological polar surface area (TPSA) is 52.3 Å². The zero-order chi connectivity index (χ0) is 20.1. The Kier molecular flexibility index (Phi) is 7.47. The number of anilines is 1. The van der Waals surface area contributed by atoms with Crippen LogP contribution in [0.3, 0.4) is 0 Å². The molecule has 0 radical (unpaired) electrons. The zero-order valence-corrected chi connectivity index (χ0v) is 20.9. The van der Waals surface area contributed by atoms with Gasteiger partial charge in [0.1, 0.15) is 0 Å². The Balaban J connectivity index is 1.72. The molecule has 0 unspecified atom stereocenters. The summed E-state index contributed by atoms with van der Waals surface area (Å²) >= 11 is -3.29. The van der Waals surface area contributed by atoms with Gasteiger partial charge in [0.05, 0.1) is 0 Å².